The minimum atomic E-state index is -0.631. The Morgan fingerprint density at radius 3 is 2.50 bits per heavy atom. The van der Waals surface area contributed by atoms with E-state index in [1.54, 1.807) is 12.1 Å². The summed E-state index contributed by atoms with van der Waals surface area (Å²) in [6.07, 6.45) is 1.76. The van der Waals surface area contributed by atoms with E-state index in [-0.39, 0.29) is 29.7 Å². The van der Waals surface area contributed by atoms with Gasteiger partial charge in [0, 0.05) is 6.42 Å². The summed E-state index contributed by atoms with van der Waals surface area (Å²) in [7, 11) is 0. The number of allylic oxidation sites excluding steroid dienone is 1. The largest absolute Gasteiger partial charge is 0.462 e. The van der Waals surface area contributed by atoms with E-state index in [4.69, 9.17) is 4.74 Å². The van der Waals surface area contributed by atoms with Crippen molar-refractivity contribution in [1.82, 2.24) is 0 Å². The topological polar surface area (TPSA) is 66.8 Å². The van der Waals surface area contributed by atoms with E-state index >= 15 is 0 Å². The van der Waals surface area contributed by atoms with Gasteiger partial charge in [-0.25, -0.2) is 4.39 Å². The SMILES string of the molecule is CC1(C)CC(O)CC(c2ccc(F)cc2)=C1CC[C@@H]1C[C@@H](O)CC(=O)O1. The standard InChI is InChI=1S/C21H27FO4/c1-21(2)12-16(24)10-18(13-3-5-14(22)6-4-13)19(21)8-7-17-9-15(23)11-20(25)26-17/h3-6,15-17,23-24H,7-12H2,1-2H3/t15-,16?,17-/m1/s1. The van der Waals surface area contributed by atoms with Crippen molar-refractivity contribution >= 4 is 11.5 Å². The number of hydrogen-bond donors (Lipinski definition) is 2. The average molecular weight is 362 g/mol. The second-order valence-electron chi connectivity index (χ2n) is 8.15. The lowest BCUT2D eigenvalue weighted by molar-refractivity contribution is -0.160. The number of hydrogen-bond acceptors (Lipinski definition) is 4. The van der Waals surface area contributed by atoms with Crippen LogP contribution < -0.4 is 0 Å². The molecule has 0 bridgehead atoms. The van der Waals surface area contributed by atoms with Crippen LogP contribution in [-0.2, 0) is 9.53 Å². The van der Waals surface area contributed by atoms with Crippen molar-refractivity contribution in [2.75, 3.05) is 0 Å². The second-order valence-corrected chi connectivity index (χ2v) is 8.15. The van der Waals surface area contributed by atoms with E-state index in [2.05, 4.69) is 13.8 Å². The third kappa shape index (κ3) is 4.33. The molecule has 142 valence electrons. The van der Waals surface area contributed by atoms with Crippen molar-refractivity contribution in [2.24, 2.45) is 5.41 Å². The van der Waals surface area contributed by atoms with Crippen molar-refractivity contribution < 1.29 is 24.1 Å². The van der Waals surface area contributed by atoms with Crippen molar-refractivity contribution in [3.05, 3.63) is 41.2 Å². The first-order valence-electron chi connectivity index (χ1n) is 9.28. The Labute approximate surface area is 153 Å². The van der Waals surface area contributed by atoms with Crippen LogP contribution in [0.5, 0.6) is 0 Å². The highest BCUT2D eigenvalue weighted by Gasteiger charge is 2.35. The summed E-state index contributed by atoms with van der Waals surface area (Å²) in [5, 5.41) is 20.1. The number of halogens is 1. The molecule has 0 aromatic heterocycles. The molecule has 2 aliphatic rings. The third-order valence-corrected chi connectivity index (χ3v) is 5.51. The van der Waals surface area contributed by atoms with Gasteiger partial charge in [0.15, 0.2) is 0 Å². The van der Waals surface area contributed by atoms with Gasteiger partial charge in [-0.15, -0.1) is 0 Å². The van der Waals surface area contributed by atoms with Gasteiger partial charge in [0.05, 0.1) is 18.6 Å². The molecule has 1 aromatic carbocycles. The van der Waals surface area contributed by atoms with Crippen LogP contribution >= 0.6 is 0 Å². The number of carbonyl (C=O) groups is 1. The molecule has 1 aliphatic heterocycles. The van der Waals surface area contributed by atoms with Crippen molar-refractivity contribution in [2.45, 2.75) is 70.7 Å². The molecule has 0 amide bonds. The predicted octanol–water partition coefficient (Wildman–Crippen LogP) is 3.61. The number of ether oxygens (including phenoxy) is 1. The minimum Gasteiger partial charge on any atom is -0.462 e. The zero-order chi connectivity index (χ0) is 18.9. The monoisotopic (exact) mass is 362 g/mol. The van der Waals surface area contributed by atoms with Gasteiger partial charge in [0.2, 0.25) is 0 Å². The molecule has 0 saturated carbocycles. The third-order valence-electron chi connectivity index (χ3n) is 5.51. The molecule has 0 radical (unpaired) electrons. The van der Waals surface area contributed by atoms with Crippen LogP contribution in [0.1, 0.15) is 57.9 Å². The molecular weight excluding hydrogens is 335 g/mol. The quantitative estimate of drug-likeness (QED) is 0.803. The molecule has 4 nitrogen and oxygen atoms in total. The highest BCUT2D eigenvalue weighted by molar-refractivity contribution is 5.72. The highest BCUT2D eigenvalue weighted by Crippen LogP contribution is 2.46. The molecule has 26 heavy (non-hydrogen) atoms. The lowest BCUT2D eigenvalue weighted by Crippen LogP contribution is -2.34. The normalized spacial score (nSPS) is 28.8. The van der Waals surface area contributed by atoms with Gasteiger partial charge in [-0.3, -0.25) is 4.79 Å². The number of cyclic esters (lactones) is 1. The van der Waals surface area contributed by atoms with E-state index in [1.165, 1.54) is 17.7 Å². The fourth-order valence-electron chi connectivity index (χ4n) is 4.33. The van der Waals surface area contributed by atoms with Gasteiger partial charge >= 0.3 is 5.97 Å². The zero-order valence-corrected chi connectivity index (χ0v) is 15.4. The van der Waals surface area contributed by atoms with Gasteiger partial charge in [-0.05, 0) is 54.4 Å². The molecule has 1 heterocycles. The van der Waals surface area contributed by atoms with Crippen LogP contribution in [0.25, 0.3) is 5.57 Å². The number of aliphatic hydroxyl groups excluding tert-OH is 2. The Hall–Kier alpha value is -1.72. The van der Waals surface area contributed by atoms with Crippen LogP contribution in [0.3, 0.4) is 0 Å². The first-order chi connectivity index (χ1) is 12.2. The first-order valence-corrected chi connectivity index (χ1v) is 9.28. The lowest BCUT2D eigenvalue weighted by atomic mass is 9.68. The van der Waals surface area contributed by atoms with Gasteiger partial charge < -0.3 is 14.9 Å². The van der Waals surface area contributed by atoms with E-state index in [1.807, 2.05) is 0 Å². The average Bonchev–Trinajstić information content (AvgIpc) is 2.52. The molecule has 1 aromatic rings. The first kappa shape index (κ1) is 19.1. The number of benzene rings is 1. The zero-order valence-electron chi connectivity index (χ0n) is 15.4. The smallest absolute Gasteiger partial charge is 0.308 e. The Bertz CT molecular complexity index is 692. The van der Waals surface area contributed by atoms with Crippen molar-refractivity contribution in [3.63, 3.8) is 0 Å². The number of carbonyl (C=O) groups excluding carboxylic acids is 1. The van der Waals surface area contributed by atoms with Crippen LogP contribution in [0, 0.1) is 11.2 Å². The number of aliphatic hydroxyl groups is 2. The second kappa shape index (κ2) is 7.49. The summed E-state index contributed by atoms with van der Waals surface area (Å²) in [6.45, 7) is 4.21. The van der Waals surface area contributed by atoms with E-state index < -0.39 is 12.2 Å². The van der Waals surface area contributed by atoms with Crippen LogP contribution in [-0.4, -0.2) is 34.5 Å². The summed E-state index contributed by atoms with van der Waals surface area (Å²) in [6, 6.07) is 6.38. The van der Waals surface area contributed by atoms with E-state index in [0.29, 0.717) is 25.7 Å². The molecule has 2 N–H and O–H groups in total. The van der Waals surface area contributed by atoms with Crippen LogP contribution in [0.2, 0.25) is 0 Å². The van der Waals surface area contributed by atoms with E-state index in [9.17, 15) is 19.4 Å². The molecule has 5 heteroatoms. The Morgan fingerprint density at radius 1 is 1.15 bits per heavy atom. The molecule has 1 unspecified atom stereocenters. The van der Waals surface area contributed by atoms with E-state index in [0.717, 1.165) is 17.6 Å². The molecule has 3 rings (SSSR count). The maximum Gasteiger partial charge on any atom is 0.308 e. The van der Waals surface area contributed by atoms with Gasteiger partial charge in [-0.1, -0.05) is 31.6 Å². The van der Waals surface area contributed by atoms with Crippen molar-refractivity contribution in [1.29, 1.82) is 0 Å². The number of esters is 1. The molecule has 0 spiro atoms. The lowest BCUT2D eigenvalue weighted by Gasteiger charge is -2.39. The van der Waals surface area contributed by atoms with Gasteiger partial charge in [0.1, 0.15) is 11.9 Å². The minimum absolute atomic E-state index is 0.0672. The molecule has 3 atom stereocenters. The molecule has 1 saturated heterocycles. The number of rotatable bonds is 4. The fourth-order valence-corrected chi connectivity index (χ4v) is 4.33. The van der Waals surface area contributed by atoms with Crippen LogP contribution in [0.15, 0.2) is 29.8 Å². The maximum absolute atomic E-state index is 13.3. The summed E-state index contributed by atoms with van der Waals surface area (Å²) in [5.41, 5.74) is 2.99. The summed E-state index contributed by atoms with van der Waals surface area (Å²) < 4.78 is 18.7. The Kier molecular flexibility index (Phi) is 5.49. The maximum atomic E-state index is 13.3. The van der Waals surface area contributed by atoms with Gasteiger partial charge in [0.25, 0.3) is 0 Å². The summed E-state index contributed by atoms with van der Waals surface area (Å²) in [4.78, 5) is 11.6. The summed E-state index contributed by atoms with van der Waals surface area (Å²) in [5.74, 6) is -0.630. The highest BCUT2D eigenvalue weighted by atomic mass is 19.1. The van der Waals surface area contributed by atoms with Crippen molar-refractivity contribution in [3.8, 4) is 0 Å². The fraction of sp³-hybridized carbons (Fsp3) is 0.571. The Balaban J connectivity index is 1.86. The Morgan fingerprint density at radius 2 is 1.85 bits per heavy atom. The molecular formula is C21H27FO4. The summed E-state index contributed by atoms with van der Waals surface area (Å²) >= 11 is 0. The predicted molar refractivity (Wildman–Crippen MR) is 96.7 cm³/mol. The van der Waals surface area contributed by atoms with Crippen LogP contribution in [0.4, 0.5) is 4.39 Å². The molecule has 1 fully saturated rings. The van der Waals surface area contributed by atoms with Gasteiger partial charge in [-0.2, -0.15) is 0 Å². The molecule has 1 aliphatic carbocycles.